The first-order chi connectivity index (χ1) is 17.0. The number of hydrogen-bond acceptors (Lipinski definition) is 0. The van der Waals surface area contributed by atoms with Crippen molar-refractivity contribution in [3.8, 4) is 11.1 Å². The monoisotopic (exact) mass is 448 g/mol. The maximum Gasteiger partial charge on any atom is 0.242 e. The van der Waals surface area contributed by atoms with Gasteiger partial charge in [-0.1, -0.05) is 135 Å². The van der Waals surface area contributed by atoms with Gasteiger partial charge in [-0.15, -0.1) is 0 Å². The van der Waals surface area contributed by atoms with E-state index in [1.165, 1.54) is 71.0 Å². The van der Waals surface area contributed by atoms with Crippen molar-refractivity contribution in [2.24, 2.45) is 0 Å². The summed E-state index contributed by atoms with van der Waals surface area (Å²) in [7, 11) is 0. The molecule has 0 nitrogen and oxygen atoms in total. The van der Waals surface area contributed by atoms with Crippen molar-refractivity contribution >= 4 is 55.4 Å². The zero-order valence-electron chi connectivity index (χ0n) is 20.9. The lowest BCUT2D eigenvalue weighted by Gasteiger charge is -2.22. The molecule has 0 unspecified atom stereocenters. The third-order valence-corrected chi connectivity index (χ3v) is 8.22. The second-order valence-electron chi connectivity index (χ2n) is 10.9. The molecule has 168 valence electrons. The van der Waals surface area contributed by atoms with E-state index in [0.29, 0.717) is 11.8 Å². The third kappa shape index (κ3) is 2.82. The highest BCUT2D eigenvalue weighted by atomic mass is 14.3. The van der Waals surface area contributed by atoms with Crippen LogP contribution >= 0.6 is 0 Å². The van der Waals surface area contributed by atoms with Gasteiger partial charge >= 0.3 is 0 Å². The Bertz CT molecular complexity index is 1710. The van der Waals surface area contributed by atoms with Crippen molar-refractivity contribution in [2.45, 2.75) is 39.5 Å². The highest BCUT2D eigenvalue weighted by molar-refractivity contribution is 6.99. The van der Waals surface area contributed by atoms with Crippen molar-refractivity contribution in [1.82, 2.24) is 0 Å². The predicted molar refractivity (Wildman–Crippen MR) is 155 cm³/mol. The van der Waals surface area contributed by atoms with Gasteiger partial charge in [0.2, 0.25) is 6.71 Å². The van der Waals surface area contributed by atoms with E-state index in [9.17, 15) is 0 Å². The topological polar surface area (TPSA) is 0 Å². The Morgan fingerprint density at radius 1 is 0.543 bits per heavy atom. The van der Waals surface area contributed by atoms with Crippen LogP contribution in [0.25, 0.3) is 43.4 Å². The minimum Gasteiger partial charge on any atom is -0.0686 e. The Hall–Kier alpha value is -3.58. The molecule has 0 radical (unpaired) electrons. The highest BCUT2D eigenvalue weighted by Gasteiger charge is 2.35. The molecule has 0 saturated heterocycles. The van der Waals surface area contributed by atoms with Gasteiger partial charge in [0.15, 0.2) is 0 Å². The lowest BCUT2D eigenvalue weighted by molar-refractivity contribution is 0.847. The van der Waals surface area contributed by atoms with E-state index in [-0.39, 0.29) is 6.71 Å². The van der Waals surface area contributed by atoms with Gasteiger partial charge in [0.25, 0.3) is 0 Å². The van der Waals surface area contributed by atoms with E-state index in [1.54, 1.807) is 0 Å². The van der Waals surface area contributed by atoms with Crippen LogP contribution in [0.1, 0.15) is 50.7 Å². The summed E-state index contributed by atoms with van der Waals surface area (Å²) in [6.07, 6.45) is 0. The van der Waals surface area contributed by atoms with E-state index in [4.69, 9.17) is 0 Å². The average Bonchev–Trinajstić information content (AvgIpc) is 3.21. The van der Waals surface area contributed by atoms with E-state index < -0.39 is 0 Å². The summed E-state index contributed by atoms with van der Waals surface area (Å²) in [5.74, 6) is 0.983. The molecule has 0 fully saturated rings. The summed E-state index contributed by atoms with van der Waals surface area (Å²) < 4.78 is 0. The van der Waals surface area contributed by atoms with Crippen molar-refractivity contribution in [3.05, 3.63) is 102 Å². The van der Waals surface area contributed by atoms with Gasteiger partial charge < -0.3 is 0 Å². The molecular formula is C34H29B. The van der Waals surface area contributed by atoms with Gasteiger partial charge in [-0.05, 0) is 66.4 Å². The SMILES string of the molecule is CC(C)c1cc(C(C)C)c2ccc3c4c(cc5ccc1c2c53)B(c1ccccc1)c1ccccc1-4. The molecule has 35 heavy (non-hydrogen) atoms. The van der Waals surface area contributed by atoms with Crippen LogP contribution in [0.15, 0.2) is 91.0 Å². The Labute approximate surface area is 208 Å². The van der Waals surface area contributed by atoms with Crippen LogP contribution in [0, 0.1) is 0 Å². The number of rotatable bonds is 3. The lowest BCUT2D eigenvalue weighted by atomic mass is 9.39. The van der Waals surface area contributed by atoms with E-state index in [2.05, 4.69) is 119 Å². The normalized spacial score (nSPS) is 13.0. The largest absolute Gasteiger partial charge is 0.242 e. The van der Waals surface area contributed by atoms with Gasteiger partial charge in [0.05, 0.1) is 0 Å². The summed E-state index contributed by atoms with van der Waals surface area (Å²) in [6.45, 7) is 9.59. The molecule has 0 saturated carbocycles. The Kier molecular flexibility index (Phi) is 4.43. The molecule has 6 aromatic rings. The minimum atomic E-state index is 0.279. The Morgan fingerprint density at radius 3 is 1.89 bits per heavy atom. The molecule has 0 atom stereocenters. The molecular weight excluding hydrogens is 419 g/mol. The molecule has 0 aliphatic carbocycles. The van der Waals surface area contributed by atoms with Crippen LogP contribution in [-0.4, -0.2) is 6.71 Å². The van der Waals surface area contributed by atoms with E-state index in [1.807, 2.05) is 0 Å². The van der Waals surface area contributed by atoms with Gasteiger partial charge in [-0.3, -0.25) is 0 Å². The van der Waals surface area contributed by atoms with Crippen molar-refractivity contribution in [2.75, 3.05) is 0 Å². The first-order valence-corrected chi connectivity index (χ1v) is 13.0. The molecule has 0 amide bonds. The van der Waals surface area contributed by atoms with Crippen LogP contribution in [0.3, 0.4) is 0 Å². The van der Waals surface area contributed by atoms with E-state index in [0.717, 1.165) is 0 Å². The molecule has 1 heteroatoms. The van der Waals surface area contributed by atoms with Gasteiger partial charge in [-0.2, -0.15) is 0 Å². The fraction of sp³-hybridized carbons (Fsp3) is 0.176. The Morgan fingerprint density at radius 2 is 1.17 bits per heavy atom. The zero-order valence-corrected chi connectivity index (χ0v) is 20.9. The maximum atomic E-state index is 2.49. The quantitative estimate of drug-likeness (QED) is 0.196. The summed E-state index contributed by atoms with van der Waals surface area (Å²) in [5, 5.41) is 8.50. The number of fused-ring (bicyclic) bond motifs is 4. The first kappa shape index (κ1) is 20.8. The molecule has 0 bridgehead atoms. The van der Waals surface area contributed by atoms with Crippen LogP contribution in [0.5, 0.6) is 0 Å². The zero-order chi connectivity index (χ0) is 23.8. The molecule has 1 aliphatic heterocycles. The van der Waals surface area contributed by atoms with Gasteiger partial charge in [0.1, 0.15) is 0 Å². The van der Waals surface area contributed by atoms with Crippen LogP contribution < -0.4 is 16.4 Å². The fourth-order valence-electron chi connectivity index (χ4n) is 6.68. The van der Waals surface area contributed by atoms with E-state index >= 15 is 0 Å². The molecule has 1 aliphatic rings. The molecule has 0 spiro atoms. The lowest BCUT2D eigenvalue weighted by Crippen LogP contribution is -2.48. The smallest absolute Gasteiger partial charge is 0.0686 e. The standard InChI is InChI=1S/C34H29B/c1-20(2)28-19-29(21(3)4)25-16-17-27-32-22(14-15-24(28)34(25)32)18-31-33(27)26-12-8-9-13-30(26)35(31)23-10-6-5-7-11-23/h5-21H,1-4H3. The summed E-state index contributed by atoms with van der Waals surface area (Å²) in [6, 6.07) is 34.6. The summed E-state index contributed by atoms with van der Waals surface area (Å²) in [5.41, 5.74) is 10.00. The fourth-order valence-corrected chi connectivity index (χ4v) is 6.68. The first-order valence-electron chi connectivity index (χ1n) is 13.0. The molecule has 7 rings (SSSR count). The second-order valence-corrected chi connectivity index (χ2v) is 10.9. The van der Waals surface area contributed by atoms with Crippen molar-refractivity contribution < 1.29 is 0 Å². The van der Waals surface area contributed by atoms with Crippen LogP contribution in [-0.2, 0) is 0 Å². The molecule has 0 aromatic heterocycles. The number of benzene rings is 6. The van der Waals surface area contributed by atoms with Crippen LogP contribution in [0.2, 0.25) is 0 Å². The van der Waals surface area contributed by atoms with Gasteiger partial charge in [-0.25, -0.2) is 0 Å². The van der Waals surface area contributed by atoms with Crippen molar-refractivity contribution in [1.29, 1.82) is 0 Å². The minimum absolute atomic E-state index is 0.279. The molecule has 0 N–H and O–H groups in total. The number of hydrogen-bond donors (Lipinski definition) is 0. The van der Waals surface area contributed by atoms with Crippen LogP contribution in [0.4, 0.5) is 0 Å². The molecule has 6 aromatic carbocycles. The predicted octanol–water partition coefficient (Wildman–Crippen LogP) is 7.33. The van der Waals surface area contributed by atoms with Gasteiger partial charge in [0, 0.05) is 0 Å². The molecule has 1 heterocycles. The summed E-state index contributed by atoms with van der Waals surface area (Å²) in [4.78, 5) is 0. The summed E-state index contributed by atoms with van der Waals surface area (Å²) >= 11 is 0. The maximum absolute atomic E-state index is 2.49. The average molecular weight is 448 g/mol. The van der Waals surface area contributed by atoms with Crippen molar-refractivity contribution in [3.63, 3.8) is 0 Å². The third-order valence-electron chi connectivity index (χ3n) is 8.22. The second kappa shape index (κ2) is 7.46. The highest BCUT2D eigenvalue weighted by Crippen LogP contribution is 2.44. The Balaban J connectivity index is 1.66.